The lowest BCUT2D eigenvalue weighted by atomic mass is 9.93. The Morgan fingerprint density at radius 3 is 2.56 bits per heavy atom. The van der Waals surface area contributed by atoms with E-state index >= 15 is 0 Å². The molecule has 0 amide bonds. The van der Waals surface area contributed by atoms with Crippen molar-refractivity contribution in [2.45, 2.75) is 39.2 Å². The maximum absolute atomic E-state index is 13.0. The van der Waals surface area contributed by atoms with E-state index in [0.29, 0.717) is 22.3 Å². The lowest BCUT2D eigenvalue weighted by molar-refractivity contribution is 0.0378. The van der Waals surface area contributed by atoms with Crippen LogP contribution < -0.4 is 20.7 Å². The van der Waals surface area contributed by atoms with E-state index in [1.165, 1.54) is 16.7 Å². The minimum absolute atomic E-state index is 0.426. The minimum atomic E-state index is -2.51. The van der Waals surface area contributed by atoms with Gasteiger partial charge in [0.05, 0.1) is 23.0 Å². The van der Waals surface area contributed by atoms with E-state index in [1.807, 2.05) is 25.1 Å². The van der Waals surface area contributed by atoms with Crippen molar-refractivity contribution in [2.24, 2.45) is 0 Å². The van der Waals surface area contributed by atoms with Crippen LogP contribution in [0.5, 0.6) is 5.75 Å². The Labute approximate surface area is 251 Å². The molecule has 3 aromatic rings. The second-order valence-corrected chi connectivity index (χ2v) is 15.2. The van der Waals surface area contributed by atoms with E-state index in [1.54, 1.807) is 26.6 Å². The summed E-state index contributed by atoms with van der Waals surface area (Å²) in [5.41, 5.74) is 6.37. The van der Waals surface area contributed by atoms with Crippen LogP contribution in [0.15, 0.2) is 47.1 Å². The molecule has 2 aliphatic heterocycles. The van der Waals surface area contributed by atoms with Gasteiger partial charge in [-0.05, 0) is 103 Å². The Kier molecular flexibility index (Phi) is 9.19. The highest BCUT2D eigenvalue weighted by Gasteiger charge is 2.24. The molecule has 0 saturated carbocycles. The third-order valence-corrected chi connectivity index (χ3v) is 9.93. The van der Waals surface area contributed by atoms with Gasteiger partial charge in [-0.25, -0.2) is 4.98 Å². The fourth-order valence-corrected chi connectivity index (χ4v) is 7.08. The summed E-state index contributed by atoms with van der Waals surface area (Å²) in [7, 11) is -0.826. The zero-order chi connectivity index (χ0) is 29.1. The minimum Gasteiger partial charge on any atom is -0.495 e. The molecule has 0 radical (unpaired) electrons. The molecule has 1 saturated heterocycles. The van der Waals surface area contributed by atoms with Crippen LogP contribution in [-0.2, 0) is 9.30 Å². The molecule has 0 bridgehead atoms. The Bertz CT molecular complexity index is 1500. The number of methoxy groups -OCH3 is 1. The summed E-state index contributed by atoms with van der Waals surface area (Å²) in [6, 6.07) is 10.7. The predicted octanol–water partition coefficient (Wildman–Crippen LogP) is 6.87. The van der Waals surface area contributed by atoms with Crippen LogP contribution in [0.25, 0.3) is 5.57 Å². The van der Waals surface area contributed by atoms with Crippen LogP contribution in [-0.4, -0.2) is 67.7 Å². The van der Waals surface area contributed by atoms with E-state index < -0.39 is 7.14 Å². The zero-order valence-electron chi connectivity index (χ0n) is 24.5. The van der Waals surface area contributed by atoms with Crippen LogP contribution >= 0.6 is 23.1 Å². The smallest absolute Gasteiger partial charge is 0.229 e. The number of aromatic nitrogens is 2. The van der Waals surface area contributed by atoms with Crippen molar-refractivity contribution in [1.82, 2.24) is 14.9 Å². The molecule has 1 fully saturated rings. The SMILES string of the molecule is COc1cc(C2=CCN(C3CCOCC3)CC2)c(C)cc1Nc1ncc(Br)c(Nc2ccc(C)cc2P(C)(C)=O)n1. The second-order valence-electron chi connectivity index (χ2n) is 11.2. The molecule has 0 unspecified atom stereocenters. The van der Waals surface area contributed by atoms with E-state index in [4.69, 9.17) is 14.5 Å². The molecule has 0 atom stereocenters. The molecule has 41 heavy (non-hydrogen) atoms. The molecule has 5 rings (SSSR count). The number of nitrogens with one attached hydrogen (secondary N) is 2. The first-order valence-electron chi connectivity index (χ1n) is 14.0. The molecule has 0 aliphatic carbocycles. The third kappa shape index (κ3) is 7.03. The second kappa shape index (κ2) is 12.7. The molecule has 3 heterocycles. The standard InChI is InChI=1S/C31H39BrN5O3P/c1-20-6-7-26(29(16-20)41(4,5)38)34-30-25(32)19-33-31(36-30)35-27-17-21(2)24(18-28(27)39-3)22-8-12-37(13-9-22)23-10-14-40-15-11-23/h6-8,16-19,23H,9-15H2,1-5H3,(H2,33,34,35,36). The van der Waals surface area contributed by atoms with Crippen molar-refractivity contribution < 1.29 is 14.0 Å². The van der Waals surface area contributed by atoms with Gasteiger partial charge in [0.25, 0.3) is 0 Å². The predicted molar refractivity (Wildman–Crippen MR) is 172 cm³/mol. The Morgan fingerprint density at radius 2 is 1.88 bits per heavy atom. The van der Waals surface area contributed by atoms with Crippen molar-refractivity contribution in [1.29, 1.82) is 0 Å². The maximum Gasteiger partial charge on any atom is 0.229 e. The summed E-state index contributed by atoms with van der Waals surface area (Å²) in [5, 5.41) is 7.50. The molecule has 2 N–H and O–H groups in total. The van der Waals surface area contributed by atoms with Gasteiger partial charge < -0.3 is 24.7 Å². The maximum atomic E-state index is 13.0. The topological polar surface area (TPSA) is 88.6 Å². The summed E-state index contributed by atoms with van der Waals surface area (Å²) in [5.74, 6) is 1.74. The van der Waals surface area contributed by atoms with E-state index in [0.717, 1.165) is 73.6 Å². The number of benzene rings is 2. The van der Waals surface area contributed by atoms with Crippen molar-refractivity contribution >= 4 is 57.1 Å². The van der Waals surface area contributed by atoms with Crippen LogP contribution in [0.3, 0.4) is 0 Å². The summed E-state index contributed by atoms with van der Waals surface area (Å²) in [4.78, 5) is 11.8. The molecule has 2 aromatic carbocycles. The van der Waals surface area contributed by atoms with E-state index in [-0.39, 0.29) is 0 Å². The zero-order valence-corrected chi connectivity index (χ0v) is 26.9. The van der Waals surface area contributed by atoms with Gasteiger partial charge in [0.2, 0.25) is 5.95 Å². The van der Waals surface area contributed by atoms with Crippen molar-refractivity contribution in [2.75, 3.05) is 57.4 Å². The van der Waals surface area contributed by atoms with Crippen LogP contribution in [0.4, 0.5) is 23.1 Å². The number of aryl methyl sites for hydroxylation is 2. The Hall–Kier alpha value is -2.71. The van der Waals surface area contributed by atoms with Gasteiger partial charge >= 0.3 is 0 Å². The van der Waals surface area contributed by atoms with Crippen molar-refractivity contribution in [3.63, 3.8) is 0 Å². The fraction of sp³-hybridized carbons (Fsp3) is 0.419. The Balaban J connectivity index is 1.36. The van der Waals surface area contributed by atoms with Crippen LogP contribution in [0.1, 0.15) is 36.0 Å². The number of rotatable bonds is 8. The summed E-state index contributed by atoms with van der Waals surface area (Å²) in [6.07, 6.45) is 7.33. The largest absolute Gasteiger partial charge is 0.495 e. The third-order valence-electron chi connectivity index (χ3n) is 7.82. The van der Waals surface area contributed by atoms with Crippen LogP contribution in [0.2, 0.25) is 0 Å². The number of ether oxygens (including phenoxy) is 2. The monoisotopic (exact) mass is 639 g/mol. The number of halogens is 1. The molecular formula is C31H39BrN5O3P. The molecule has 10 heteroatoms. The number of nitrogens with zero attached hydrogens (tertiary/aromatic N) is 3. The normalized spacial score (nSPS) is 16.8. The average molecular weight is 641 g/mol. The van der Waals surface area contributed by atoms with Crippen molar-refractivity contribution in [3.8, 4) is 5.75 Å². The van der Waals surface area contributed by atoms with Gasteiger partial charge in [-0.3, -0.25) is 4.90 Å². The van der Waals surface area contributed by atoms with Gasteiger partial charge in [-0.15, -0.1) is 0 Å². The lowest BCUT2D eigenvalue weighted by Crippen LogP contribution is -2.41. The number of anilines is 4. The van der Waals surface area contributed by atoms with E-state index in [2.05, 4.69) is 61.6 Å². The fourth-order valence-electron chi connectivity index (χ4n) is 5.57. The molecule has 218 valence electrons. The summed E-state index contributed by atoms with van der Waals surface area (Å²) in [6.45, 7) is 11.5. The Morgan fingerprint density at radius 1 is 1.10 bits per heavy atom. The van der Waals surface area contributed by atoms with Crippen molar-refractivity contribution in [3.05, 3.63) is 63.8 Å². The first-order valence-corrected chi connectivity index (χ1v) is 17.4. The molecule has 2 aliphatic rings. The highest BCUT2D eigenvalue weighted by Crippen LogP contribution is 2.40. The highest BCUT2D eigenvalue weighted by molar-refractivity contribution is 9.10. The first-order chi connectivity index (χ1) is 19.6. The highest BCUT2D eigenvalue weighted by atomic mass is 79.9. The lowest BCUT2D eigenvalue weighted by Gasteiger charge is -2.36. The summed E-state index contributed by atoms with van der Waals surface area (Å²) >= 11 is 3.56. The number of hydrogen-bond donors (Lipinski definition) is 2. The van der Waals surface area contributed by atoms with E-state index in [9.17, 15) is 4.57 Å². The molecule has 8 nitrogen and oxygen atoms in total. The van der Waals surface area contributed by atoms with Gasteiger partial charge in [0.15, 0.2) is 0 Å². The van der Waals surface area contributed by atoms with Gasteiger partial charge in [-0.2, -0.15) is 4.98 Å². The van der Waals surface area contributed by atoms with Gasteiger partial charge in [-0.1, -0.05) is 17.7 Å². The average Bonchev–Trinajstić information content (AvgIpc) is 2.96. The van der Waals surface area contributed by atoms with Gasteiger partial charge in [0, 0.05) is 43.8 Å². The molecular weight excluding hydrogens is 601 g/mol. The van der Waals surface area contributed by atoms with Crippen LogP contribution in [0, 0.1) is 13.8 Å². The molecule has 0 spiro atoms. The first kappa shape index (κ1) is 29.8. The summed E-state index contributed by atoms with van der Waals surface area (Å²) < 4.78 is 25.0. The number of hydrogen-bond acceptors (Lipinski definition) is 8. The van der Waals surface area contributed by atoms with Gasteiger partial charge in [0.1, 0.15) is 18.7 Å². The molecule has 1 aromatic heterocycles. The quantitative estimate of drug-likeness (QED) is 0.258.